The van der Waals surface area contributed by atoms with Crippen molar-refractivity contribution in [2.75, 3.05) is 33.3 Å². The number of nitrogens with zero attached hydrogens (tertiary/aromatic N) is 1. The molecule has 0 aromatic heterocycles. The molecular formula is C26H35NO6Si. The molecule has 1 aliphatic rings. The van der Waals surface area contributed by atoms with Gasteiger partial charge in [0.1, 0.15) is 11.5 Å². The number of hydrogen-bond acceptors (Lipinski definition) is 6. The Hall–Kier alpha value is -3.13. The zero-order valence-corrected chi connectivity index (χ0v) is 22.7. The summed E-state index contributed by atoms with van der Waals surface area (Å²) in [5.41, 5.74) is 2.73. The summed E-state index contributed by atoms with van der Waals surface area (Å²) in [5.74, 6) is 2.77. The largest absolute Gasteiger partial charge is 0.546 e. The molecule has 3 rings (SSSR count). The molecule has 0 radical (unpaired) electrons. The monoisotopic (exact) mass is 485 g/mol. The summed E-state index contributed by atoms with van der Waals surface area (Å²) in [6.45, 7) is 14.7. The van der Waals surface area contributed by atoms with Crippen LogP contribution in [0.2, 0.25) is 13.1 Å². The van der Waals surface area contributed by atoms with Crippen molar-refractivity contribution in [3.8, 4) is 28.7 Å². The summed E-state index contributed by atoms with van der Waals surface area (Å²) in [4.78, 5) is 14.8. The fraction of sp³-hybridized carbons (Fsp3) is 0.423. The van der Waals surface area contributed by atoms with Crippen LogP contribution in [0.4, 0.5) is 5.69 Å². The number of β-lactam (4-membered cyclic amide) rings is 1. The number of carbonyl (C=O) groups is 1. The van der Waals surface area contributed by atoms with Crippen molar-refractivity contribution in [1.29, 1.82) is 0 Å². The molecular weight excluding hydrogens is 450 g/mol. The molecule has 184 valence electrons. The van der Waals surface area contributed by atoms with Crippen molar-refractivity contribution < 1.29 is 28.2 Å². The molecule has 0 bridgehead atoms. The van der Waals surface area contributed by atoms with E-state index in [2.05, 4.69) is 40.4 Å². The number of anilines is 1. The molecule has 1 saturated heterocycles. The maximum atomic E-state index is 13.1. The minimum absolute atomic E-state index is 0.167. The molecule has 1 atom stereocenters. The van der Waals surface area contributed by atoms with E-state index in [0.29, 0.717) is 28.5 Å². The Morgan fingerprint density at radius 1 is 0.882 bits per heavy atom. The quantitative estimate of drug-likeness (QED) is 0.297. The average molecular weight is 486 g/mol. The predicted octanol–water partition coefficient (Wildman–Crippen LogP) is 5.02. The number of amides is 1. The van der Waals surface area contributed by atoms with Crippen molar-refractivity contribution >= 4 is 20.6 Å². The summed E-state index contributed by atoms with van der Waals surface area (Å²) < 4.78 is 28.7. The first-order chi connectivity index (χ1) is 16.0. The van der Waals surface area contributed by atoms with Gasteiger partial charge >= 0.3 is 0 Å². The van der Waals surface area contributed by atoms with E-state index in [1.54, 1.807) is 45.5 Å². The molecule has 1 aliphatic heterocycles. The second-order valence-electron chi connectivity index (χ2n) is 9.46. The summed E-state index contributed by atoms with van der Waals surface area (Å²) in [6.07, 6.45) is 0. The van der Waals surface area contributed by atoms with Crippen molar-refractivity contribution in [3.63, 3.8) is 0 Å². The molecule has 0 saturated carbocycles. The molecule has 0 unspecified atom stereocenters. The Bertz CT molecular complexity index is 1080. The second-order valence-corrected chi connectivity index (χ2v) is 11.8. The van der Waals surface area contributed by atoms with E-state index >= 15 is 0 Å². The van der Waals surface area contributed by atoms with Gasteiger partial charge in [-0.15, -0.1) is 0 Å². The Kier molecular flexibility index (Phi) is 7.21. The van der Waals surface area contributed by atoms with Crippen LogP contribution in [0.5, 0.6) is 28.7 Å². The molecule has 1 heterocycles. The van der Waals surface area contributed by atoms with Gasteiger partial charge < -0.3 is 23.4 Å². The van der Waals surface area contributed by atoms with Gasteiger partial charge in [-0.25, -0.2) is 0 Å². The van der Waals surface area contributed by atoms with Crippen LogP contribution in [-0.2, 0) is 10.2 Å². The third-order valence-corrected chi connectivity index (χ3v) is 6.48. The summed E-state index contributed by atoms with van der Waals surface area (Å²) >= 11 is 0. The molecule has 1 amide bonds. The lowest BCUT2D eigenvalue weighted by atomic mass is 9.80. The highest BCUT2D eigenvalue weighted by Gasteiger charge is 2.45. The van der Waals surface area contributed by atoms with E-state index in [0.717, 1.165) is 22.6 Å². The lowest BCUT2D eigenvalue weighted by Crippen LogP contribution is -2.49. The first-order valence-corrected chi connectivity index (χ1v) is 14.0. The molecule has 0 aliphatic carbocycles. The number of methoxy groups -OCH3 is 4. The van der Waals surface area contributed by atoms with Crippen LogP contribution in [0, 0.1) is 0 Å². The maximum Gasteiger partial charge on any atom is 0.256 e. The van der Waals surface area contributed by atoms with Gasteiger partial charge in [-0.2, -0.15) is 0 Å². The fourth-order valence-electron chi connectivity index (χ4n) is 4.32. The van der Waals surface area contributed by atoms with Gasteiger partial charge in [-0.3, -0.25) is 9.69 Å². The van der Waals surface area contributed by atoms with Gasteiger partial charge in [0.15, 0.2) is 11.5 Å². The van der Waals surface area contributed by atoms with E-state index in [-0.39, 0.29) is 11.3 Å². The molecule has 0 spiro atoms. The molecule has 8 heteroatoms. The predicted molar refractivity (Wildman–Crippen MR) is 137 cm³/mol. The van der Waals surface area contributed by atoms with Crippen molar-refractivity contribution in [3.05, 3.63) is 47.5 Å². The minimum atomic E-state index is -1.50. The van der Waals surface area contributed by atoms with Crippen molar-refractivity contribution in [2.24, 2.45) is 0 Å². The van der Waals surface area contributed by atoms with Gasteiger partial charge in [0.05, 0.1) is 40.2 Å². The normalized spacial score (nSPS) is 15.8. The number of rotatable bonds is 8. The van der Waals surface area contributed by atoms with E-state index in [1.807, 2.05) is 12.1 Å². The molecule has 2 aromatic carbocycles. The number of hydrogen-bond donors (Lipinski definition) is 0. The zero-order valence-electron chi connectivity index (χ0n) is 21.6. The summed E-state index contributed by atoms with van der Waals surface area (Å²) in [6, 6.07) is 7.04. The molecule has 2 aromatic rings. The van der Waals surface area contributed by atoms with E-state index in [4.69, 9.17) is 23.4 Å². The number of benzene rings is 2. The minimum Gasteiger partial charge on any atom is -0.546 e. The Morgan fingerprint density at radius 3 is 1.88 bits per heavy atom. The van der Waals surface area contributed by atoms with Crippen LogP contribution >= 0.6 is 0 Å². The van der Waals surface area contributed by atoms with Crippen LogP contribution in [0.3, 0.4) is 0 Å². The second kappa shape index (κ2) is 9.62. The number of ether oxygens (including phenoxy) is 4. The van der Waals surface area contributed by atoms with Gasteiger partial charge in [-0.1, -0.05) is 27.4 Å². The molecule has 0 N–H and O–H groups in total. The Labute approximate surface area is 203 Å². The van der Waals surface area contributed by atoms with Crippen LogP contribution in [0.1, 0.15) is 37.9 Å². The molecule has 7 nitrogen and oxygen atoms in total. The van der Waals surface area contributed by atoms with Gasteiger partial charge in [0.2, 0.25) is 14.8 Å². The van der Waals surface area contributed by atoms with Crippen molar-refractivity contribution in [1.82, 2.24) is 0 Å². The van der Waals surface area contributed by atoms with Gasteiger partial charge in [0, 0.05) is 28.8 Å². The summed E-state index contributed by atoms with van der Waals surface area (Å²) in [7, 11) is 4.81. The first kappa shape index (κ1) is 25.5. The highest BCUT2D eigenvalue weighted by molar-refractivity contribution is 6.49. The highest BCUT2D eigenvalue weighted by Crippen LogP contribution is 2.52. The fourth-order valence-corrected chi connectivity index (χ4v) is 5.04. The van der Waals surface area contributed by atoms with E-state index in [9.17, 15) is 4.79 Å². The topological polar surface area (TPSA) is 66.5 Å². The van der Waals surface area contributed by atoms with Crippen molar-refractivity contribution in [2.45, 2.75) is 45.3 Å². The Morgan fingerprint density at radius 2 is 1.44 bits per heavy atom. The highest BCUT2D eigenvalue weighted by atomic mass is 28.3. The molecule has 34 heavy (non-hydrogen) atoms. The van der Waals surface area contributed by atoms with E-state index in [1.165, 1.54) is 0 Å². The standard InChI is InChI=1S/C26H35NO6Si/c1-15-22(17-11-12-18(29-5)21(26(2,3)4)23(17)33-34(9)10)27(25(15)28)16-13-19(30-6)24(32-8)20(14-16)31-7/h11-14,22,34H,1H2,2-10H3/t22-/m1/s1. The van der Waals surface area contributed by atoms with Gasteiger partial charge in [0.25, 0.3) is 5.91 Å². The zero-order chi connectivity index (χ0) is 25.4. The van der Waals surface area contributed by atoms with Crippen LogP contribution in [0.25, 0.3) is 0 Å². The summed E-state index contributed by atoms with van der Waals surface area (Å²) in [5, 5.41) is 0. The van der Waals surface area contributed by atoms with Crippen LogP contribution in [-0.4, -0.2) is 43.4 Å². The van der Waals surface area contributed by atoms with Crippen LogP contribution < -0.4 is 28.3 Å². The Balaban J connectivity index is 2.24. The maximum absolute atomic E-state index is 13.1. The lowest BCUT2D eigenvalue weighted by Gasteiger charge is -2.44. The van der Waals surface area contributed by atoms with Crippen LogP contribution in [0.15, 0.2) is 36.4 Å². The van der Waals surface area contributed by atoms with E-state index < -0.39 is 15.1 Å². The third kappa shape index (κ3) is 4.34. The first-order valence-electron chi connectivity index (χ1n) is 11.2. The lowest BCUT2D eigenvalue weighted by molar-refractivity contribution is -0.119. The molecule has 1 fully saturated rings. The third-order valence-electron chi connectivity index (χ3n) is 5.78. The smallest absolute Gasteiger partial charge is 0.256 e. The number of carbonyl (C=O) groups excluding carboxylic acids is 1. The SMILES string of the molecule is C=C1C(=O)N(c2cc(OC)c(OC)c(OC)c2)[C@H]1c1ccc(OC)c(C(C)(C)C)c1O[SiH](C)C. The van der Waals surface area contributed by atoms with Gasteiger partial charge in [-0.05, 0) is 30.6 Å². The average Bonchev–Trinajstić information content (AvgIpc) is 2.79.